The largest absolute Gasteiger partial charge is 0.304 e. The average Bonchev–Trinajstić information content (AvgIpc) is 2.82. The van der Waals surface area contributed by atoms with Crippen LogP contribution in [-0.2, 0) is 0 Å². The van der Waals surface area contributed by atoms with E-state index in [1.54, 1.807) is 30.3 Å². The van der Waals surface area contributed by atoms with Crippen LogP contribution in [0.1, 0.15) is 16.7 Å². The van der Waals surface area contributed by atoms with Gasteiger partial charge in [0, 0.05) is 0 Å². The number of anilines is 3. The summed E-state index contributed by atoms with van der Waals surface area (Å²) < 4.78 is 42.4. The van der Waals surface area contributed by atoms with Crippen molar-refractivity contribution in [3.05, 3.63) is 82.9 Å². The van der Waals surface area contributed by atoms with Gasteiger partial charge in [-0.05, 0) is 23.3 Å². The van der Waals surface area contributed by atoms with Gasteiger partial charge < -0.3 is 4.90 Å². The SMILES string of the molecule is N#Cc1c(F)c(F)nc(F)c1N1c2ccccc2C=Cc2ccccc21. The average molecular weight is 349 g/mol. The van der Waals surface area contributed by atoms with E-state index in [1.807, 2.05) is 36.4 Å². The number of nitrogens with zero attached hydrogens (tertiary/aromatic N) is 3. The highest BCUT2D eigenvalue weighted by molar-refractivity contribution is 5.94. The maximum Gasteiger partial charge on any atom is 0.253 e. The lowest BCUT2D eigenvalue weighted by Crippen LogP contribution is -2.17. The standard InChI is InChI=1S/C20H10F3N3/c21-17-14(11-24)18(20(23)25-19(17)22)26-15-7-3-1-5-12(15)9-10-13-6-2-4-8-16(13)26/h1-10H. The fourth-order valence-electron chi connectivity index (χ4n) is 3.02. The minimum absolute atomic E-state index is 0.421. The normalized spacial score (nSPS) is 12.2. The van der Waals surface area contributed by atoms with Crippen LogP contribution in [0.2, 0.25) is 0 Å². The molecule has 0 amide bonds. The van der Waals surface area contributed by atoms with Crippen molar-refractivity contribution in [2.45, 2.75) is 0 Å². The second kappa shape index (κ2) is 6.05. The number of hydrogen-bond acceptors (Lipinski definition) is 3. The molecule has 26 heavy (non-hydrogen) atoms. The van der Waals surface area contributed by atoms with Crippen molar-refractivity contribution in [2.24, 2.45) is 0 Å². The first kappa shape index (κ1) is 15.9. The molecule has 0 radical (unpaired) electrons. The van der Waals surface area contributed by atoms with Gasteiger partial charge in [-0.1, -0.05) is 48.6 Å². The van der Waals surface area contributed by atoms with Crippen molar-refractivity contribution in [3.63, 3.8) is 0 Å². The zero-order chi connectivity index (χ0) is 18.3. The first-order valence-electron chi connectivity index (χ1n) is 7.72. The zero-order valence-electron chi connectivity index (χ0n) is 13.2. The van der Waals surface area contributed by atoms with Crippen LogP contribution in [0.3, 0.4) is 0 Å². The van der Waals surface area contributed by atoms with Crippen molar-refractivity contribution in [3.8, 4) is 6.07 Å². The molecule has 3 nitrogen and oxygen atoms in total. The maximum absolute atomic E-state index is 14.7. The summed E-state index contributed by atoms with van der Waals surface area (Å²) >= 11 is 0. The highest BCUT2D eigenvalue weighted by atomic mass is 19.2. The number of benzene rings is 2. The summed E-state index contributed by atoms with van der Waals surface area (Å²) in [6.45, 7) is 0. The highest BCUT2D eigenvalue weighted by Crippen LogP contribution is 2.44. The Morgan fingerprint density at radius 1 is 0.808 bits per heavy atom. The molecule has 0 saturated carbocycles. The number of fused-ring (bicyclic) bond motifs is 2. The lowest BCUT2D eigenvalue weighted by Gasteiger charge is -2.27. The summed E-state index contributed by atoms with van der Waals surface area (Å²) in [6.07, 6.45) is 3.68. The molecular formula is C20H10F3N3. The molecule has 0 aliphatic carbocycles. The first-order chi connectivity index (χ1) is 12.6. The molecule has 0 N–H and O–H groups in total. The van der Waals surface area contributed by atoms with Crippen LogP contribution in [0.4, 0.5) is 30.2 Å². The third kappa shape index (κ3) is 2.33. The van der Waals surface area contributed by atoms with Gasteiger partial charge in [-0.3, -0.25) is 0 Å². The Hall–Kier alpha value is -3.59. The number of halogens is 3. The lowest BCUT2D eigenvalue weighted by atomic mass is 10.1. The Kier molecular flexibility index (Phi) is 3.70. The number of pyridine rings is 1. The molecule has 0 bridgehead atoms. The van der Waals surface area contributed by atoms with Gasteiger partial charge in [-0.2, -0.15) is 19.0 Å². The second-order valence-corrected chi connectivity index (χ2v) is 5.63. The molecule has 0 spiro atoms. The van der Waals surface area contributed by atoms with E-state index in [0.717, 1.165) is 11.1 Å². The molecule has 1 aliphatic rings. The van der Waals surface area contributed by atoms with Crippen LogP contribution in [0, 0.1) is 29.0 Å². The van der Waals surface area contributed by atoms with Crippen LogP contribution in [0.15, 0.2) is 48.5 Å². The van der Waals surface area contributed by atoms with E-state index in [9.17, 15) is 18.4 Å². The Labute approximate surface area is 147 Å². The van der Waals surface area contributed by atoms with E-state index in [-0.39, 0.29) is 0 Å². The van der Waals surface area contributed by atoms with Gasteiger partial charge in [-0.15, -0.1) is 0 Å². The predicted octanol–water partition coefficient (Wildman–Crippen LogP) is 5.32. The van der Waals surface area contributed by atoms with Gasteiger partial charge in [0.2, 0.25) is 5.95 Å². The summed E-state index contributed by atoms with van der Waals surface area (Å²) in [6, 6.07) is 15.7. The molecular weight excluding hydrogens is 339 g/mol. The molecule has 4 rings (SSSR count). The molecule has 126 valence electrons. The molecule has 1 aliphatic heterocycles. The van der Waals surface area contributed by atoms with Crippen molar-refractivity contribution in [1.29, 1.82) is 5.26 Å². The number of aromatic nitrogens is 1. The molecule has 6 heteroatoms. The minimum Gasteiger partial charge on any atom is -0.304 e. The number of rotatable bonds is 1. The number of hydrogen-bond donors (Lipinski definition) is 0. The van der Waals surface area contributed by atoms with Gasteiger partial charge in [-0.25, -0.2) is 4.39 Å². The van der Waals surface area contributed by atoms with Crippen LogP contribution >= 0.6 is 0 Å². The van der Waals surface area contributed by atoms with Crippen LogP contribution < -0.4 is 4.90 Å². The summed E-state index contributed by atoms with van der Waals surface area (Å²) in [5.74, 6) is -4.37. The molecule has 3 aromatic rings. The topological polar surface area (TPSA) is 39.9 Å². The maximum atomic E-state index is 14.7. The third-order valence-electron chi connectivity index (χ3n) is 4.16. The molecule has 0 atom stereocenters. The monoisotopic (exact) mass is 349 g/mol. The Morgan fingerprint density at radius 2 is 1.35 bits per heavy atom. The van der Waals surface area contributed by atoms with E-state index in [0.29, 0.717) is 11.4 Å². The molecule has 1 aromatic heterocycles. The molecule has 0 unspecified atom stereocenters. The number of nitriles is 1. The van der Waals surface area contributed by atoms with E-state index in [4.69, 9.17) is 0 Å². The fourth-order valence-corrected chi connectivity index (χ4v) is 3.02. The van der Waals surface area contributed by atoms with Crippen molar-refractivity contribution in [1.82, 2.24) is 4.98 Å². The summed E-state index contributed by atoms with van der Waals surface area (Å²) in [5.41, 5.74) is 1.36. The summed E-state index contributed by atoms with van der Waals surface area (Å²) in [7, 11) is 0. The van der Waals surface area contributed by atoms with Gasteiger partial charge in [0.25, 0.3) is 5.95 Å². The highest BCUT2D eigenvalue weighted by Gasteiger charge is 2.29. The van der Waals surface area contributed by atoms with Crippen molar-refractivity contribution in [2.75, 3.05) is 4.90 Å². The minimum atomic E-state index is -1.64. The van der Waals surface area contributed by atoms with Gasteiger partial charge >= 0.3 is 0 Å². The third-order valence-corrected chi connectivity index (χ3v) is 4.16. The van der Waals surface area contributed by atoms with Crippen LogP contribution in [-0.4, -0.2) is 4.98 Å². The van der Waals surface area contributed by atoms with Crippen molar-refractivity contribution < 1.29 is 13.2 Å². The van der Waals surface area contributed by atoms with E-state index in [2.05, 4.69) is 4.98 Å². The Morgan fingerprint density at radius 3 is 1.88 bits per heavy atom. The lowest BCUT2D eigenvalue weighted by molar-refractivity contribution is 0.446. The second-order valence-electron chi connectivity index (χ2n) is 5.63. The molecule has 2 aromatic carbocycles. The molecule has 2 heterocycles. The smallest absolute Gasteiger partial charge is 0.253 e. The molecule has 0 saturated heterocycles. The van der Waals surface area contributed by atoms with Gasteiger partial charge in [0.1, 0.15) is 17.3 Å². The quantitative estimate of drug-likeness (QED) is 0.436. The van der Waals surface area contributed by atoms with Gasteiger partial charge in [0.05, 0.1) is 11.4 Å². The van der Waals surface area contributed by atoms with E-state index in [1.165, 1.54) is 4.90 Å². The fraction of sp³-hybridized carbons (Fsp3) is 0. The van der Waals surface area contributed by atoms with Gasteiger partial charge in [0.15, 0.2) is 5.82 Å². The number of para-hydroxylation sites is 2. The van der Waals surface area contributed by atoms with Crippen LogP contribution in [0.5, 0.6) is 0 Å². The van der Waals surface area contributed by atoms with E-state index >= 15 is 0 Å². The predicted molar refractivity (Wildman–Crippen MR) is 92.4 cm³/mol. The summed E-state index contributed by atoms with van der Waals surface area (Å²) in [4.78, 5) is 4.41. The zero-order valence-corrected chi connectivity index (χ0v) is 13.2. The van der Waals surface area contributed by atoms with Crippen molar-refractivity contribution >= 4 is 29.2 Å². The Bertz CT molecular complexity index is 1050. The van der Waals surface area contributed by atoms with E-state index < -0.39 is 29.0 Å². The summed E-state index contributed by atoms with van der Waals surface area (Å²) in [5, 5.41) is 9.35. The molecule has 0 fully saturated rings. The van der Waals surface area contributed by atoms with Crippen LogP contribution in [0.25, 0.3) is 12.2 Å². The Balaban J connectivity index is 2.12. The first-order valence-corrected chi connectivity index (χ1v) is 7.72.